The number of likely N-dealkylation sites (N-methyl/N-ethyl adjacent to an activating group) is 2. The van der Waals surface area contributed by atoms with E-state index in [1.165, 1.54) is 35.1 Å². The lowest BCUT2D eigenvalue weighted by Gasteiger charge is -2.37. The fourth-order valence-electron chi connectivity index (χ4n) is 2.88. The Hall–Kier alpha value is -0.580. The largest absolute Gasteiger partial charge is 0.370 e. The molecule has 1 aromatic rings. The van der Waals surface area contributed by atoms with Crippen LogP contribution in [0, 0.1) is 0 Å². The van der Waals surface area contributed by atoms with Gasteiger partial charge in [0.05, 0.1) is 0 Å². The van der Waals surface area contributed by atoms with E-state index in [9.17, 15) is 0 Å². The molecular formula is C17H28BrN3. The summed E-state index contributed by atoms with van der Waals surface area (Å²) in [5, 5.41) is 3.47. The summed E-state index contributed by atoms with van der Waals surface area (Å²) >= 11 is 3.72. The maximum atomic E-state index is 3.72. The van der Waals surface area contributed by atoms with E-state index < -0.39 is 0 Å². The van der Waals surface area contributed by atoms with Gasteiger partial charge in [0.25, 0.3) is 0 Å². The Bertz CT molecular complexity index is 461. The molecule has 21 heavy (non-hydrogen) atoms. The van der Waals surface area contributed by atoms with E-state index in [0.717, 1.165) is 13.1 Å². The number of benzene rings is 1. The monoisotopic (exact) mass is 353 g/mol. The number of nitrogens with one attached hydrogen (secondary N) is 1. The summed E-state index contributed by atoms with van der Waals surface area (Å²) in [6.45, 7) is 7.65. The van der Waals surface area contributed by atoms with Crippen molar-refractivity contribution in [3.63, 3.8) is 0 Å². The quantitative estimate of drug-likeness (QED) is 0.874. The number of hydrogen-bond acceptors (Lipinski definition) is 3. The molecular weight excluding hydrogens is 326 g/mol. The first kappa shape index (κ1) is 16.8. The molecule has 0 bridgehead atoms. The number of anilines is 1. The van der Waals surface area contributed by atoms with Gasteiger partial charge in [-0.2, -0.15) is 0 Å². The lowest BCUT2D eigenvalue weighted by atomic mass is 10.0. The van der Waals surface area contributed by atoms with Crippen molar-refractivity contribution in [1.82, 2.24) is 10.2 Å². The van der Waals surface area contributed by atoms with Gasteiger partial charge in [0.1, 0.15) is 0 Å². The minimum atomic E-state index is 0.511. The third-order valence-corrected chi connectivity index (χ3v) is 5.03. The van der Waals surface area contributed by atoms with Crippen LogP contribution in [-0.2, 0) is 6.54 Å². The maximum Gasteiger partial charge on any atom is 0.0414 e. The van der Waals surface area contributed by atoms with Gasteiger partial charge >= 0.3 is 0 Å². The van der Waals surface area contributed by atoms with E-state index in [1.807, 2.05) is 0 Å². The van der Waals surface area contributed by atoms with Crippen LogP contribution in [0.15, 0.2) is 22.7 Å². The number of piperidine rings is 1. The number of halogens is 1. The molecule has 1 aliphatic heterocycles. The van der Waals surface area contributed by atoms with Gasteiger partial charge in [-0.3, -0.25) is 0 Å². The van der Waals surface area contributed by atoms with Gasteiger partial charge in [0, 0.05) is 42.4 Å². The fraction of sp³-hybridized carbons (Fsp3) is 0.647. The molecule has 4 heteroatoms. The van der Waals surface area contributed by atoms with Crippen molar-refractivity contribution < 1.29 is 0 Å². The number of rotatable bonds is 5. The zero-order chi connectivity index (χ0) is 15.4. The van der Waals surface area contributed by atoms with Crippen molar-refractivity contribution in [1.29, 1.82) is 0 Å². The fourth-order valence-corrected chi connectivity index (χ4v) is 3.39. The summed E-state index contributed by atoms with van der Waals surface area (Å²) in [4.78, 5) is 4.86. The molecule has 1 aromatic carbocycles. The topological polar surface area (TPSA) is 18.5 Å². The Morgan fingerprint density at radius 3 is 2.81 bits per heavy atom. The zero-order valence-electron chi connectivity index (χ0n) is 13.7. The van der Waals surface area contributed by atoms with E-state index in [0.29, 0.717) is 12.1 Å². The summed E-state index contributed by atoms with van der Waals surface area (Å²) in [5.74, 6) is 0. The van der Waals surface area contributed by atoms with Crippen molar-refractivity contribution >= 4 is 21.6 Å². The summed E-state index contributed by atoms with van der Waals surface area (Å²) < 4.78 is 1.20. The molecule has 118 valence electrons. The van der Waals surface area contributed by atoms with E-state index in [4.69, 9.17) is 0 Å². The molecule has 1 heterocycles. The average molecular weight is 354 g/mol. The molecule has 1 saturated heterocycles. The predicted molar refractivity (Wildman–Crippen MR) is 95.0 cm³/mol. The number of nitrogens with zero attached hydrogens (tertiary/aromatic N) is 2. The minimum Gasteiger partial charge on any atom is -0.370 e. The number of likely N-dealkylation sites (tertiary alicyclic amines) is 1. The van der Waals surface area contributed by atoms with Crippen LogP contribution in [0.5, 0.6) is 0 Å². The van der Waals surface area contributed by atoms with Crippen LogP contribution in [0.4, 0.5) is 5.69 Å². The van der Waals surface area contributed by atoms with Crippen LogP contribution < -0.4 is 10.2 Å². The Morgan fingerprint density at radius 2 is 2.19 bits per heavy atom. The van der Waals surface area contributed by atoms with Crippen molar-refractivity contribution in [3.8, 4) is 0 Å². The van der Waals surface area contributed by atoms with Crippen molar-refractivity contribution in [3.05, 3.63) is 28.2 Å². The van der Waals surface area contributed by atoms with Gasteiger partial charge in [-0.1, -0.05) is 35.8 Å². The molecule has 1 fully saturated rings. The molecule has 1 aliphatic rings. The Balaban J connectivity index is 2.04. The van der Waals surface area contributed by atoms with Crippen molar-refractivity contribution in [2.24, 2.45) is 0 Å². The third-order valence-electron chi connectivity index (χ3n) is 4.29. The predicted octanol–water partition coefficient (Wildman–Crippen LogP) is 3.48. The Morgan fingerprint density at radius 1 is 1.43 bits per heavy atom. The van der Waals surface area contributed by atoms with Crippen LogP contribution in [0.1, 0.15) is 32.3 Å². The standard InChI is InChI=1S/C17H28BrN3/c1-13(2)19-11-14-7-8-15(10-17(14)18)21(4)16-6-5-9-20(3)12-16/h7-8,10,13,16,19H,5-6,9,11-12H2,1-4H3. The van der Waals surface area contributed by atoms with Gasteiger partial charge in [-0.15, -0.1) is 0 Å². The van der Waals surface area contributed by atoms with Crippen molar-refractivity contribution in [2.75, 3.05) is 32.1 Å². The number of hydrogen-bond donors (Lipinski definition) is 1. The normalized spacial score (nSPS) is 20.0. The lowest BCUT2D eigenvalue weighted by molar-refractivity contribution is 0.248. The molecule has 1 unspecified atom stereocenters. The zero-order valence-corrected chi connectivity index (χ0v) is 15.3. The molecule has 0 aliphatic carbocycles. The average Bonchev–Trinajstić information content (AvgIpc) is 2.45. The molecule has 0 aromatic heterocycles. The summed E-state index contributed by atoms with van der Waals surface area (Å²) in [6, 6.07) is 7.87. The highest BCUT2D eigenvalue weighted by atomic mass is 79.9. The van der Waals surface area contributed by atoms with Crippen molar-refractivity contribution in [2.45, 2.75) is 45.3 Å². The molecule has 0 spiro atoms. The Labute approximate surface area is 137 Å². The second-order valence-electron chi connectivity index (χ2n) is 6.48. The SMILES string of the molecule is CC(C)NCc1ccc(N(C)C2CCCN(C)C2)cc1Br. The third kappa shape index (κ3) is 4.70. The van der Waals surface area contributed by atoms with Gasteiger partial charge in [-0.25, -0.2) is 0 Å². The molecule has 0 radical (unpaired) electrons. The van der Waals surface area contributed by atoms with Gasteiger partial charge in [0.15, 0.2) is 0 Å². The molecule has 1 N–H and O–H groups in total. The second-order valence-corrected chi connectivity index (χ2v) is 7.33. The van der Waals surface area contributed by atoms with Crippen LogP contribution in [0.25, 0.3) is 0 Å². The molecule has 0 saturated carbocycles. The highest BCUT2D eigenvalue weighted by molar-refractivity contribution is 9.10. The second kappa shape index (κ2) is 7.61. The highest BCUT2D eigenvalue weighted by Crippen LogP contribution is 2.26. The molecule has 0 amide bonds. The van der Waals surface area contributed by atoms with E-state index in [2.05, 4.69) is 77.2 Å². The van der Waals surface area contributed by atoms with Crippen LogP contribution in [0.2, 0.25) is 0 Å². The lowest BCUT2D eigenvalue weighted by Crippen LogP contribution is -2.45. The summed E-state index contributed by atoms with van der Waals surface area (Å²) in [7, 11) is 4.44. The molecule has 2 rings (SSSR count). The molecule has 3 nitrogen and oxygen atoms in total. The minimum absolute atomic E-state index is 0.511. The van der Waals surface area contributed by atoms with Crippen LogP contribution in [0.3, 0.4) is 0 Å². The van der Waals surface area contributed by atoms with Gasteiger partial charge in [0.2, 0.25) is 0 Å². The first-order valence-corrected chi connectivity index (χ1v) is 8.70. The van der Waals surface area contributed by atoms with E-state index in [-0.39, 0.29) is 0 Å². The smallest absolute Gasteiger partial charge is 0.0414 e. The van der Waals surface area contributed by atoms with Crippen LogP contribution >= 0.6 is 15.9 Å². The molecule has 1 atom stereocenters. The Kier molecular flexibility index (Phi) is 6.08. The first-order chi connectivity index (χ1) is 9.97. The van der Waals surface area contributed by atoms with Gasteiger partial charge in [-0.05, 0) is 44.1 Å². The first-order valence-electron chi connectivity index (χ1n) is 7.90. The van der Waals surface area contributed by atoms with Crippen LogP contribution in [-0.4, -0.2) is 44.2 Å². The van der Waals surface area contributed by atoms with E-state index in [1.54, 1.807) is 0 Å². The summed E-state index contributed by atoms with van der Waals surface area (Å²) in [6.07, 6.45) is 2.58. The van der Waals surface area contributed by atoms with E-state index >= 15 is 0 Å². The van der Waals surface area contributed by atoms with Gasteiger partial charge < -0.3 is 15.1 Å². The maximum absolute atomic E-state index is 3.72. The highest BCUT2D eigenvalue weighted by Gasteiger charge is 2.21. The summed E-state index contributed by atoms with van der Waals surface area (Å²) in [5.41, 5.74) is 2.62.